The van der Waals surface area contributed by atoms with Crippen LogP contribution >= 0.6 is 23.4 Å². The lowest BCUT2D eigenvalue weighted by Gasteiger charge is -2.18. The Morgan fingerprint density at radius 1 is 1.04 bits per heavy atom. The molecular formula is C19H22ClNO3S. The minimum atomic E-state index is 0.0914. The predicted octanol–water partition coefficient (Wildman–Crippen LogP) is 4.25. The van der Waals surface area contributed by atoms with Crippen molar-refractivity contribution in [1.29, 1.82) is 0 Å². The summed E-state index contributed by atoms with van der Waals surface area (Å²) in [5.74, 6) is 2.66. The first-order valence-corrected chi connectivity index (χ1v) is 9.33. The molecule has 0 spiro atoms. The maximum Gasteiger partial charge on any atom is 0.232 e. The molecule has 134 valence electrons. The van der Waals surface area contributed by atoms with Crippen molar-refractivity contribution in [1.82, 2.24) is 4.90 Å². The molecule has 0 radical (unpaired) electrons. The molecular weight excluding hydrogens is 358 g/mol. The highest BCUT2D eigenvalue weighted by Crippen LogP contribution is 2.28. The van der Waals surface area contributed by atoms with Gasteiger partial charge in [0.15, 0.2) is 11.5 Å². The number of halogens is 1. The maximum atomic E-state index is 12.3. The van der Waals surface area contributed by atoms with Crippen LogP contribution in [0.3, 0.4) is 0 Å². The molecule has 4 nitrogen and oxygen atoms in total. The fraction of sp³-hybridized carbons (Fsp3) is 0.316. The smallest absolute Gasteiger partial charge is 0.232 e. The summed E-state index contributed by atoms with van der Waals surface area (Å²) in [5.41, 5.74) is 2.15. The standard InChI is InChI=1S/C19H22ClNO3S/c1-21(11-15-6-9-17(23-2)18(10-15)24-3)19(22)13-25-12-14-4-7-16(20)8-5-14/h4-10H,11-13H2,1-3H3. The second-order valence-electron chi connectivity index (χ2n) is 5.56. The van der Waals surface area contributed by atoms with Crippen LogP contribution in [-0.2, 0) is 17.1 Å². The van der Waals surface area contributed by atoms with Crippen molar-refractivity contribution in [2.45, 2.75) is 12.3 Å². The van der Waals surface area contributed by atoms with Crippen LogP contribution in [0.4, 0.5) is 0 Å². The number of hydrogen-bond acceptors (Lipinski definition) is 4. The lowest BCUT2D eigenvalue weighted by molar-refractivity contribution is -0.127. The molecule has 0 aromatic heterocycles. The number of methoxy groups -OCH3 is 2. The molecule has 0 N–H and O–H groups in total. The average molecular weight is 380 g/mol. The predicted molar refractivity (Wildman–Crippen MR) is 104 cm³/mol. The van der Waals surface area contributed by atoms with Crippen molar-refractivity contribution in [2.24, 2.45) is 0 Å². The van der Waals surface area contributed by atoms with E-state index in [2.05, 4.69) is 0 Å². The second-order valence-corrected chi connectivity index (χ2v) is 6.98. The van der Waals surface area contributed by atoms with Gasteiger partial charge in [0, 0.05) is 24.4 Å². The second kappa shape index (κ2) is 9.59. The van der Waals surface area contributed by atoms with Gasteiger partial charge in [0.05, 0.1) is 20.0 Å². The third-order valence-electron chi connectivity index (χ3n) is 3.70. The monoisotopic (exact) mass is 379 g/mol. The zero-order valence-corrected chi connectivity index (χ0v) is 16.2. The third kappa shape index (κ3) is 5.87. The summed E-state index contributed by atoms with van der Waals surface area (Å²) in [6.07, 6.45) is 0. The zero-order chi connectivity index (χ0) is 18.2. The average Bonchev–Trinajstić information content (AvgIpc) is 2.63. The van der Waals surface area contributed by atoms with Gasteiger partial charge in [0.2, 0.25) is 5.91 Å². The summed E-state index contributed by atoms with van der Waals surface area (Å²) in [6.45, 7) is 0.528. The number of thioether (sulfide) groups is 1. The highest BCUT2D eigenvalue weighted by Gasteiger charge is 2.11. The number of carbonyl (C=O) groups is 1. The van der Waals surface area contributed by atoms with Gasteiger partial charge < -0.3 is 14.4 Å². The molecule has 6 heteroatoms. The maximum absolute atomic E-state index is 12.3. The molecule has 0 fully saturated rings. The van der Waals surface area contributed by atoms with Crippen LogP contribution in [0.15, 0.2) is 42.5 Å². The number of ether oxygens (including phenoxy) is 2. The van der Waals surface area contributed by atoms with E-state index in [1.54, 1.807) is 30.9 Å². The largest absolute Gasteiger partial charge is 0.493 e. The molecule has 0 atom stereocenters. The van der Waals surface area contributed by atoms with Gasteiger partial charge in [0.25, 0.3) is 0 Å². The summed E-state index contributed by atoms with van der Waals surface area (Å²) in [4.78, 5) is 14.0. The van der Waals surface area contributed by atoms with Gasteiger partial charge in [0.1, 0.15) is 0 Å². The number of nitrogens with zero attached hydrogens (tertiary/aromatic N) is 1. The molecule has 1 amide bonds. The molecule has 2 aromatic rings. The first-order valence-electron chi connectivity index (χ1n) is 7.80. The Labute approximate surface area is 158 Å². The quantitative estimate of drug-likeness (QED) is 0.687. The molecule has 0 heterocycles. The van der Waals surface area contributed by atoms with Crippen molar-refractivity contribution in [3.63, 3.8) is 0 Å². The lowest BCUT2D eigenvalue weighted by atomic mass is 10.2. The molecule has 0 saturated heterocycles. The Morgan fingerprint density at radius 3 is 2.32 bits per heavy atom. The molecule has 0 bridgehead atoms. The lowest BCUT2D eigenvalue weighted by Crippen LogP contribution is -2.27. The first kappa shape index (κ1) is 19.5. The summed E-state index contributed by atoms with van der Waals surface area (Å²) >= 11 is 7.46. The minimum absolute atomic E-state index is 0.0914. The van der Waals surface area contributed by atoms with Crippen molar-refractivity contribution in [2.75, 3.05) is 27.0 Å². The van der Waals surface area contributed by atoms with E-state index in [9.17, 15) is 4.79 Å². The van der Waals surface area contributed by atoms with E-state index >= 15 is 0 Å². The minimum Gasteiger partial charge on any atom is -0.493 e. The summed E-state index contributed by atoms with van der Waals surface area (Å²) in [5, 5.41) is 0.722. The number of amides is 1. The van der Waals surface area contributed by atoms with Crippen LogP contribution in [0.25, 0.3) is 0 Å². The summed E-state index contributed by atoms with van der Waals surface area (Å²) in [7, 11) is 5.01. The molecule has 2 aromatic carbocycles. The normalized spacial score (nSPS) is 10.4. The molecule has 0 aliphatic heterocycles. The van der Waals surface area contributed by atoms with Crippen LogP contribution in [0.5, 0.6) is 11.5 Å². The van der Waals surface area contributed by atoms with Crippen molar-refractivity contribution in [3.05, 3.63) is 58.6 Å². The highest BCUT2D eigenvalue weighted by molar-refractivity contribution is 7.99. The van der Waals surface area contributed by atoms with Crippen LogP contribution in [0.1, 0.15) is 11.1 Å². The molecule has 2 rings (SSSR count). The number of carbonyl (C=O) groups excluding carboxylic acids is 1. The Morgan fingerprint density at radius 2 is 1.68 bits per heavy atom. The molecule has 0 aliphatic rings. The first-order chi connectivity index (χ1) is 12.0. The van der Waals surface area contributed by atoms with Gasteiger partial charge >= 0.3 is 0 Å². The number of hydrogen-bond donors (Lipinski definition) is 0. The molecule has 0 saturated carbocycles. The fourth-order valence-electron chi connectivity index (χ4n) is 2.29. The van der Waals surface area contributed by atoms with E-state index in [4.69, 9.17) is 21.1 Å². The Hall–Kier alpha value is -1.85. The van der Waals surface area contributed by atoms with Gasteiger partial charge in [-0.2, -0.15) is 0 Å². The van der Waals surface area contributed by atoms with Crippen molar-refractivity contribution < 1.29 is 14.3 Å². The SMILES string of the molecule is COc1ccc(CN(C)C(=O)CSCc2ccc(Cl)cc2)cc1OC. The van der Waals surface area contributed by atoms with Crippen LogP contribution in [0, 0.1) is 0 Å². The van der Waals surface area contributed by atoms with Crippen molar-refractivity contribution in [3.8, 4) is 11.5 Å². The van der Waals surface area contributed by atoms with Crippen LogP contribution < -0.4 is 9.47 Å². The van der Waals surface area contributed by atoms with Crippen LogP contribution in [0.2, 0.25) is 5.02 Å². The zero-order valence-electron chi connectivity index (χ0n) is 14.6. The molecule has 0 unspecified atom stereocenters. The van der Waals surface area contributed by atoms with Gasteiger partial charge in [-0.1, -0.05) is 29.8 Å². The van der Waals surface area contributed by atoms with E-state index in [0.29, 0.717) is 23.8 Å². The molecule has 25 heavy (non-hydrogen) atoms. The fourth-order valence-corrected chi connectivity index (χ4v) is 3.34. The van der Waals surface area contributed by atoms with Gasteiger partial charge in [-0.3, -0.25) is 4.79 Å². The van der Waals surface area contributed by atoms with E-state index in [1.807, 2.05) is 49.5 Å². The number of rotatable bonds is 8. The van der Waals surface area contributed by atoms with E-state index in [1.165, 1.54) is 0 Å². The van der Waals surface area contributed by atoms with Gasteiger partial charge in [-0.25, -0.2) is 0 Å². The summed E-state index contributed by atoms with van der Waals surface area (Å²) in [6, 6.07) is 13.4. The van der Waals surface area contributed by atoms with Gasteiger partial charge in [-0.15, -0.1) is 11.8 Å². The molecule has 0 aliphatic carbocycles. The van der Waals surface area contributed by atoms with E-state index < -0.39 is 0 Å². The van der Waals surface area contributed by atoms with Crippen LogP contribution in [-0.4, -0.2) is 37.8 Å². The van der Waals surface area contributed by atoms with Gasteiger partial charge in [-0.05, 0) is 35.4 Å². The Kier molecular flexibility index (Phi) is 7.47. The number of benzene rings is 2. The van der Waals surface area contributed by atoms with E-state index in [-0.39, 0.29) is 5.91 Å². The Balaban J connectivity index is 1.84. The Bertz CT molecular complexity index is 706. The summed E-state index contributed by atoms with van der Waals surface area (Å²) < 4.78 is 10.5. The highest BCUT2D eigenvalue weighted by atomic mass is 35.5. The van der Waals surface area contributed by atoms with E-state index in [0.717, 1.165) is 21.9 Å². The van der Waals surface area contributed by atoms with Crippen molar-refractivity contribution >= 4 is 29.3 Å². The third-order valence-corrected chi connectivity index (χ3v) is 4.94. The topological polar surface area (TPSA) is 38.8 Å².